The molecule has 1 heterocycles. The van der Waals surface area contributed by atoms with E-state index < -0.39 is 23.5 Å². The van der Waals surface area contributed by atoms with Gasteiger partial charge in [-0.05, 0) is 61.8 Å². The van der Waals surface area contributed by atoms with E-state index >= 15 is 0 Å². The third-order valence-electron chi connectivity index (χ3n) is 7.53. The highest BCUT2D eigenvalue weighted by molar-refractivity contribution is 5.80. The molecule has 1 aliphatic carbocycles. The first-order valence-corrected chi connectivity index (χ1v) is 12.3. The molecule has 0 bridgehead atoms. The number of benzene rings is 2. The normalized spacial score (nSPS) is 18.4. The number of hydrogen-bond donors (Lipinski definition) is 2. The van der Waals surface area contributed by atoms with E-state index in [0.717, 1.165) is 24.0 Å². The molecule has 1 saturated heterocycles. The van der Waals surface area contributed by atoms with Crippen LogP contribution in [0.2, 0.25) is 0 Å². The third-order valence-corrected chi connectivity index (χ3v) is 7.53. The van der Waals surface area contributed by atoms with E-state index in [9.17, 15) is 19.5 Å². The number of piperidine rings is 1. The summed E-state index contributed by atoms with van der Waals surface area (Å²) in [4.78, 5) is 38.7. The predicted molar refractivity (Wildman–Crippen MR) is 133 cm³/mol. The molecule has 2 N–H and O–H groups in total. The Balaban J connectivity index is 1.29. The van der Waals surface area contributed by atoms with Gasteiger partial charge in [0.05, 0.1) is 5.41 Å². The average Bonchev–Trinajstić information content (AvgIpc) is 3.16. The van der Waals surface area contributed by atoms with Crippen LogP contribution in [0.1, 0.15) is 57.1 Å². The summed E-state index contributed by atoms with van der Waals surface area (Å²) >= 11 is 0. The minimum Gasteiger partial charge on any atom is -0.481 e. The van der Waals surface area contributed by atoms with Crippen LogP contribution in [0.15, 0.2) is 48.5 Å². The first-order valence-electron chi connectivity index (χ1n) is 12.3. The standard InChI is InChI=1S/C28H34N2O5/c1-18(15-25(31)30-14-8-9-19(16-30)28(2,3)26(32)33)29-27(34)35-17-24-22-12-6-4-10-20(22)21-11-5-7-13-23(21)24/h4-7,10-13,18-19,24H,8-9,14-17H2,1-3H3,(H,29,34)(H,32,33). The molecule has 1 fully saturated rings. The molecule has 186 valence electrons. The van der Waals surface area contributed by atoms with Crippen molar-refractivity contribution >= 4 is 18.0 Å². The molecule has 0 aromatic heterocycles. The monoisotopic (exact) mass is 478 g/mol. The molecular weight excluding hydrogens is 444 g/mol. The van der Waals surface area contributed by atoms with Crippen LogP contribution in [0.4, 0.5) is 4.79 Å². The Morgan fingerprint density at radius 3 is 2.29 bits per heavy atom. The number of carbonyl (C=O) groups excluding carboxylic acids is 2. The fraction of sp³-hybridized carbons (Fsp3) is 0.464. The van der Waals surface area contributed by atoms with Crippen LogP contribution in [0.5, 0.6) is 0 Å². The summed E-state index contributed by atoms with van der Waals surface area (Å²) in [5.74, 6) is -1.04. The molecular formula is C28H34N2O5. The van der Waals surface area contributed by atoms with Crippen LogP contribution in [0, 0.1) is 11.3 Å². The first-order chi connectivity index (χ1) is 16.7. The summed E-state index contributed by atoms with van der Waals surface area (Å²) in [5, 5.41) is 12.3. The van der Waals surface area contributed by atoms with E-state index in [1.165, 1.54) is 11.1 Å². The number of nitrogens with one attached hydrogen (secondary N) is 1. The van der Waals surface area contributed by atoms with Crippen LogP contribution in [0.3, 0.4) is 0 Å². The Bertz CT molecular complexity index is 1070. The highest BCUT2D eigenvalue weighted by atomic mass is 16.5. The Kier molecular flexibility index (Phi) is 7.15. The van der Waals surface area contributed by atoms with E-state index in [1.807, 2.05) is 24.3 Å². The summed E-state index contributed by atoms with van der Waals surface area (Å²) in [5.41, 5.74) is 3.75. The number of hydrogen-bond acceptors (Lipinski definition) is 4. The third kappa shape index (κ3) is 5.19. The quantitative estimate of drug-likeness (QED) is 0.604. The summed E-state index contributed by atoms with van der Waals surface area (Å²) < 4.78 is 5.59. The van der Waals surface area contributed by atoms with Gasteiger partial charge in [0.15, 0.2) is 0 Å². The number of ether oxygens (including phenoxy) is 1. The number of carboxylic acids is 1. The van der Waals surface area contributed by atoms with Gasteiger partial charge in [-0.25, -0.2) is 4.79 Å². The number of rotatable bonds is 7. The minimum atomic E-state index is -0.885. The Morgan fingerprint density at radius 1 is 1.09 bits per heavy atom. The highest BCUT2D eigenvalue weighted by Crippen LogP contribution is 2.44. The van der Waals surface area contributed by atoms with Crippen LogP contribution in [-0.4, -0.2) is 53.7 Å². The van der Waals surface area contributed by atoms with Crippen molar-refractivity contribution in [3.8, 4) is 11.1 Å². The molecule has 7 nitrogen and oxygen atoms in total. The summed E-state index contributed by atoms with van der Waals surface area (Å²) in [7, 11) is 0. The molecule has 4 rings (SSSR count). The average molecular weight is 479 g/mol. The molecule has 2 aromatic carbocycles. The Labute approximate surface area is 206 Å². The van der Waals surface area contributed by atoms with Crippen molar-refractivity contribution in [3.63, 3.8) is 0 Å². The van der Waals surface area contributed by atoms with Gasteiger partial charge in [-0.1, -0.05) is 48.5 Å². The molecule has 2 atom stereocenters. The highest BCUT2D eigenvalue weighted by Gasteiger charge is 2.40. The summed E-state index contributed by atoms with van der Waals surface area (Å²) in [6.45, 7) is 6.48. The van der Waals surface area contributed by atoms with Crippen LogP contribution in [0.25, 0.3) is 11.1 Å². The number of carbonyl (C=O) groups is 3. The Morgan fingerprint density at radius 2 is 1.69 bits per heavy atom. The molecule has 2 aromatic rings. The van der Waals surface area contributed by atoms with Gasteiger partial charge in [0.1, 0.15) is 6.61 Å². The van der Waals surface area contributed by atoms with Gasteiger partial charge >= 0.3 is 12.1 Å². The molecule has 2 amide bonds. The van der Waals surface area contributed by atoms with Gasteiger partial charge in [0.25, 0.3) is 0 Å². The fourth-order valence-electron chi connectivity index (χ4n) is 5.25. The second-order valence-electron chi connectivity index (χ2n) is 10.3. The second kappa shape index (κ2) is 10.1. The SMILES string of the molecule is CC(CC(=O)N1CCCC(C(C)(C)C(=O)O)C1)NC(=O)OCC1c2ccccc2-c2ccccc21. The number of fused-ring (bicyclic) bond motifs is 3. The zero-order valence-electron chi connectivity index (χ0n) is 20.6. The van der Waals surface area contributed by atoms with Crippen molar-refractivity contribution < 1.29 is 24.2 Å². The summed E-state index contributed by atoms with van der Waals surface area (Å²) in [6.07, 6.45) is 1.17. The van der Waals surface area contributed by atoms with E-state index in [-0.39, 0.29) is 30.8 Å². The van der Waals surface area contributed by atoms with Gasteiger partial charge < -0.3 is 20.1 Å². The molecule has 2 unspecified atom stereocenters. The first kappa shape index (κ1) is 24.8. The number of amides is 2. The summed E-state index contributed by atoms with van der Waals surface area (Å²) in [6, 6.07) is 15.9. The lowest BCUT2D eigenvalue weighted by molar-refractivity contribution is -0.153. The van der Waals surface area contributed by atoms with Crippen LogP contribution in [-0.2, 0) is 14.3 Å². The van der Waals surface area contributed by atoms with E-state index in [1.54, 1.807) is 25.7 Å². The molecule has 7 heteroatoms. The van der Waals surface area contributed by atoms with Crippen molar-refractivity contribution in [2.24, 2.45) is 11.3 Å². The lowest BCUT2D eigenvalue weighted by Crippen LogP contribution is -2.48. The van der Waals surface area contributed by atoms with Gasteiger partial charge in [-0.3, -0.25) is 9.59 Å². The molecule has 1 aliphatic heterocycles. The number of nitrogens with zero attached hydrogens (tertiary/aromatic N) is 1. The fourth-order valence-corrected chi connectivity index (χ4v) is 5.25. The van der Waals surface area contributed by atoms with Crippen molar-refractivity contribution in [1.82, 2.24) is 10.2 Å². The lowest BCUT2D eigenvalue weighted by Gasteiger charge is -2.39. The molecule has 0 radical (unpaired) electrons. The van der Waals surface area contributed by atoms with Crippen LogP contribution >= 0.6 is 0 Å². The maximum absolute atomic E-state index is 12.9. The second-order valence-corrected chi connectivity index (χ2v) is 10.3. The lowest BCUT2D eigenvalue weighted by atomic mass is 9.74. The van der Waals surface area contributed by atoms with Gasteiger partial charge in [-0.2, -0.15) is 0 Å². The van der Waals surface area contributed by atoms with Crippen molar-refractivity contribution in [2.45, 2.75) is 52.0 Å². The van der Waals surface area contributed by atoms with E-state index in [0.29, 0.717) is 13.1 Å². The van der Waals surface area contributed by atoms with Gasteiger partial charge in [-0.15, -0.1) is 0 Å². The van der Waals surface area contributed by atoms with Crippen molar-refractivity contribution in [2.75, 3.05) is 19.7 Å². The maximum atomic E-state index is 12.9. The molecule has 2 aliphatic rings. The van der Waals surface area contributed by atoms with Gasteiger partial charge in [0, 0.05) is 31.5 Å². The molecule has 35 heavy (non-hydrogen) atoms. The topological polar surface area (TPSA) is 95.9 Å². The zero-order chi connectivity index (χ0) is 25.2. The van der Waals surface area contributed by atoms with Gasteiger partial charge in [0.2, 0.25) is 5.91 Å². The maximum Gasteiger partial charge on any atom is 0.407 e. The number of alkyl carbamates (subject to hydrolysis) is 1. The van der Waals surface area contributed by atoms with E-state index in [2.05, 4.69) is 29.6 Å². The van der Waals surface area contributed by atoms with E-state index in [4.69, 9.17) is 4.74 Å². The Hall–Kier alpha value is -3.35. The molecule has 0 saturated carbocycles. The smallest absolute Gasteiger partial charge is 0.407 e. The molecule has 0 spiro atoms. The minimum absolute atomic E-state index is 0.0204. The van der Waals surface area contributed by atoms with Crippen molar-refractivity contribution in [3.05, 3.63) is 59.7 Å². The number of carboxylic acid groups (broad SMARTS) is 1. The predicted octanol–water partition coefficient (Wildman–Crippen LogP) is 4.65. The van der Waals surface area contributed by atoms with Crippen molar-refractivity contribution in [1.29, 1.82) is 0 Å². The zero-order valence-corrected chi connectivity index (χ0v) is 20.6. The largest absolute Gasteiger partial charge is 0.481 e. The number of aliphatic carboxylic acids is 1. The van der Waals surface area contributed by atoms with Crippen LogP contribution < -0.4 is 5.32 Å². The number of likely N-dealkylation sites (tertiary alicyclic amines) is 1.